The number of nitrogens with zero attached hydrogens (tertiary/aromatic N) is 3. The number of aliphatic hydroxyl groups is 1. The highest BCUT2D eigenvalue weighted by Crippen LogP contribution is 2.41. The molecule has 4 rings (SSSR count). The minimum absolute atomic E-state index is 0.00428. The standard InChI is InChI=1S/C38H47F2N5O7/c1-24-18-32(47)45(37(24)51)16-17-52-34(49)12-14-42-36(50)30(41)13-15-44(33(48)23-46)35(38(2,3)4)31-19-26(28-20-27(39)10-11-29(28)40)22-43(31)21-25-8-6-5-7-9-25/h5-11,19-20,22,24,30,35,46H,12-18,21,23,41H2,1-4H3,(H,42,50)/t24?,30-,35-/m0/s1. The molecule has 0 saturated carbocycles. The van der Waals surface area contributed by atoms with Gasteiger partial charge < -0.3 is 30.4 Å². The van der Waals surface area contributed by atoms with E-state index in [2.05, 4.69) is 5.32 Å². The van der Waals surface area contributed by atoms with Crippen LogP contribution in [0.3, 0.4) is 0 Å². The van der Waals surface area contributed by atoms with Crippen molar-refractivity contribution in [3.05, 3.63) is 83.7 Å². The minimum atomic E-state index is -1.09. The van der Waals surface area contributed by atoms with Crippen LogP contribution in [0, 0.1) is 23.0 Å². The van der Waals surface area contributed by atoms with Gasteiger partial charge in [0.15, 0.2) is 0 Å². The molecule has 2 aromatic carbocycles. The van der Waals surface area contributed by atoms with Crippen LogP contribution in [-0.2, 0) is 35.3 Å². The number of likely N-dealkylation sites (tertiary alicyclic amines) is 1. The zero-order chi connectivity index (χ0) is 38.2. The number of nitrogens with two attached hydrogens (primary N) is 1. The van der Waals surface area contributed by atoms with E-state index in [1.54, 1.807) is 19.2 Å². The number of carbonyl (C=O) groups excluding carboxylic acids is 5. The van der Waals surface area contributed by atoms with Crippen molar-refractivity contribution in [1.29, 1.82) is 0 Å². The van der Waals surface area contributed by atoms with Gasteiger partial charge in [0.1, 0.15) is 24.8 Å². The van der Waals surface area contributed by atoms with Gasteiger partial charge in [-0.05, 0) is 41.7 Å². The van der Waals surface area contributed by atoms with Gasteiger partial charge in [-0.1, -0.05) is 58.0 Å². The summed E-state index contributed by atoms with van der Waals surface area (Å²) in [7, 11) is 0. The third kappa shape index (κ3) is 10.1. The molecule has 0 radical (unpaired) electrons. The third-order valence-electron chi connectivity index (χ3n) is 8.93. The van der Waals surface area contributed by atoms with Gasteiger partial charge in [0.05, 0.1) is 25.0 Å². The Kier molecular flexibility index (Phi) is 13.4. The molecule has 1 saturated heterocycles. The number of aliphatic hydroxyl groups excluding tert-OH is 1. The second-order valence-electron chi connectivity index (χ2n) is 14.1. The molecule has 3 atom stereocenters. The molecule has 1 aliphatic heterocycles. The summed E-state index contributed by atoms with van der Waals surface area (Å²) in [6.45, 7) is 6.59. The van der Waals surface area contributed by atoms with Crippen molar-refractivity contribution >= 4 is 29.6 Å². The number of imide groups is 1. The highest BCUT2D eigenvalue weighted by molar-refractivity contribution is 6.03. The Morgan fingerprint density at radius 2 is 1.81 bits per heavy atom. The largest absolute Gasteiger partial charge is 0.464 e. The second kappa shape index (κ2) is 17.5. The zero-order valence-electron chi connectivity index (χ0n) is 29.9. The van der Waals surface area contributed by atoms with Crippen molar-refractivity contribution < 1.29 is 42.6 Å². The van der Waals surface area contributed by atoms with Crippen LogP contribution < -0.4 is 11.1 Å². The Hall–Kier alpha value is -4.95. The first-order valence-electron chi connectivity index (χ1n) is 17.2. The number of halogens is 2. The van der Waals surface area contributed by atoms with Crippen molar-refractivity contribution in [1.82, 2.24) is 19.7 Å². The fourth-order valence-corrected chi connectivity index (χ4v) is 6.33. The topological polar surface area (TPSA) is 164 Å². The van der Waals surface area contributed by atoms with Gasteiger partial charge in [-0.15, -0.1) is 0 Å². The molecule has 12 nitrogen and oxygen atoms in total. The smallest absolute Gasteiger partial charge is 0.307 e. The lowest BCUT2D eigenvalue weighted by molar-refractivity contribution is -0.148. The molecule has 1 unspecified atom stereocenters. The molecule has 52 heavy (non-hydrogen) atoms. The lowest BCUT2D eigenvalue weighted by atomic mass is 9.82. The molecule has 280 valence electrons. The molecule has 1 aromatic heterocycles. The van der Waals surface area contributed by atoms with Crippen LogP contribution in [-0.4, -0.2) is 88.0 Å². The molecule has 3 aromatic rings. The van der Waals surface area contributed by atoms with E-state index in [4.69, 9.17) is 10.5 Å². The van der Waals surface area contributed by atoms with E-state index in [0.717, 1.165) is 28.7 Å². The Bertz CT molecular complexity index is 1760. The highest BCUT2D eigenvalue weighted by Gasteiger charge is 2.38. The first-order chi connectivity index (χ1) is 24.6. The number of nitrogens with one attached hydrogen (secondary N) is 1. The van der Waals surface area contributed by atoms with Crippen molar-refractivity contribution in [3.8, 4) is 11.1 Å². The summed E-state index contributed by atoms with van der Waals surface area (Å²) in [5.41, 5.74) is 7.54. The van der Waals surface area contributed by atoms with E-state index in [1.807, 2.05) is 55.7 Å². The minimum Gasteiger partial charge on any atom is -0.464 e. The summed E-state index contributed by atoms with van der Waals surface area (Å²) in [5.74, 6) is -4.06. The summed E-state index contributed by atoms with van der Waals surface area (Å²) in [5, 5.41) is 12.6. The maximum absolute atomic E-state index is 15.0. The summed E-state index contributed by atoms with van der Waals surface area (Å²) in [4.78, 5) is 64.9. The van der Waals surface area contributed by atoms with Gasteiger partial charge >= 0.3 is 5.97 Å². The third-order valence-corrected chi connectivity index (χ3v) is 8.93. The molecular weight excluding hydrogens is 676 g/mol. The fourth-order valence-electron chi connectivity index (χ4n) is 6.33. The van der Waals surface area contributed by atoms with E-state index in [0.29, 0.717) is 17.8 Å². The van der Waals surface area contributed by atoms with Gasteiger partial charge in [0.25, 0.3) is 0 Å². The summed E-state index contributed by atoms with van der Waals surface area (Å²) in [6.07, 6.45) is 1.65. The predicted molar refractivity (Wildman–Crippen MR) is 188 cm³/mol. The predicted octanol–water partition coefficient (Wildman–Crippen LogP) is 3.55. The molecule has 14 heteroatoms. The van der Waals surface area contributed by atoms with Crippen LogP contribution in [0.4, 0.5) is 8.78 Å². The average Bonchev–Trinajstić information content (AvgIpc) is 3.60. The molecular formula is C38H47F2N5O7. The lowest BCUT2D eigenvalue weighted by Gasteiger charge is -2.41. The van der Waals surface area contributed by atoms with Gasteiger partial charge in [-0.2, -0.15) is 0 Å². The Morgan fingerprint density at radius 1 is 1.10 bits per heavy atom. The maximum Gasteiger partial charge on any atom is 0.307 e. The zero-order valence-corrected chi connectivity index (χ0v) is 29.9. The molecule has 4 N–H and O–H groups in total. The van der Waals surface area contributed by atoms with Crippen molar-refractivity contribution in [2.75, 3.05) is 32.8 Å². The lowest BCUT2D eigenvalue weighted by Crippen LogP contribution is -2.47. The number of esters is 1. The Morgan fingerprint density at radius 3 is 2.44 bits per heavy atom. The van der Waals surface area contributed by atoms with Gasteiger partial charge in [-0.3, -0.25) is 28.9 Å². The number of amides is 4. The molecule has 1 fully saturated rings. The van der Waals surface area contributed by atoms with Crippen molar-refractivity contribution in [3.63, 3.8) is 0 Å². The van der Waals surface area contributed by atoms with Crippen molar-refractivity contribution in [2.24, 2.45) is 17.1 Å². The van der Waals surface area contributed by atoms with Crippen molar-refractivity contribution in [2.45, 2.75) is 65.6 Å². The van der Waals surface area contributed by atoms with Crippen LogP contribution in [0.25, 0.3) is 11.1 Å². The number of hydrogen-bond donors (Lipinski definition) is 3. The summed E-state index contributed by atoms with van der Waals surface area (Å²) in [6, 6.07) is 12.6. The van der Waals surface area contributed by atoms with Gasteiger partial charge in [-0.25, -0.2) is 8.78 Å². The van der Waals surface area contributed by atoms with Crippen LogP contribution in [0.2, 0.25) is 0 Å². The molecule has 0 bridgehead atoms. The SMILES string of the molecule is CC1CC(=O)N(CCOC(=O)CCNC(=O)[C@@H](N)CCN(C(=O)CO)[C@@H](c2cc(-c3cc(F)ccc3F)cn2Cc2ccccc2)C(C)(C)C)C1=O. The number of benzene rings is 2. The monoisotopic (exact) mass is 723 g/mol. The summed E-state index contributed by atoms with van der Waals surface area (Å²) >= 11 is 0. The first-order valence-corrected chi connectivity index (χ1v) is 17.2. The molecule has 0 aliphatic carbocycles. The first kappa shape index (κ1) is 39.8. The van der Waals surface area contributed by atoms with Crippen LogP contribution in [0.1, 0.15) is 64.3 Å². The molecule has 4 amide bonds. The quantitative estimate of drug-likeness (QED) is 0.149. The Labute approximate surface area is 301 Å². The fraction of sp³-hybridized carbons (Fsp3) is 0.447. The van der Waals surface area contributed by atoms with Gasteiger partial charge in [0, 0.05) is 55.0 Å². The van der Waals surface area contributed by atoms with Crippen LogP contribution in [0.15, 0.2) is 60.8 Å². The maximum atomic E-state index is 15.0. The Balaban J connectivity index is 1.46. The summed E-state index contributed by atoms with van der Waals surface area (Å²) < 4.78 is 36.2. The number of aromatic nitrogens is 1. The van der Waals surface area contributed by atoms with E-state index in [-0.39, 0.29) is 62.9 Å². The van der Waals surface area contributed by atoms with Crippen LogP contribution >= 0.6 is 0 Å². The number of hydrogen-bond acceptors (Lipinski definition) is 8. The van der Waals surface area contributed by atoms with Crippen LogP contribution in [0.5, 0.6) is 0 Å². The molecule has 0 spiro atoms. The normalized spacial score (nSPS) is 15.8. The second-order valence-corrected chi connectivity index (χ2v) is 14.1. The number of ether oxygens (including phenoxy) is 1. The van der Waals surface area contributed by atoms with E-state index in [9.17, 15) is 37.9 Å². The number of rotatable bonds is 16. The average molecular weight is 724 g/mol. The number of carbonyl (C=O) groups is 5. The van der Waals surface area contributed by atoms with E-state index < -0.39 is 59.4 Å². The highest BCUT2D eigenvalue weighted by atomic mass is 19.1. The van der Waals surface area contributed by atoms with E-state index in [1.165, 1.54) is 4.90 Å². The van der Waals surface area contributed by atoms with E-state index >= 15 is 0 Å². The van der Waals surface area contributed by atoms with Gasteiger partial charge in [0.2, 0.25) is 23.6 Å². The molecule has 1 aliphatic rings. The molecule has 2 heterocycles.